The third-order valence-electron chi connectivity index (χ3n) is 6.97. The van der Waals surface area contributed by atoms with Gasteiger partial charge in [-0.15, -0.1) is 0 Å². The van der Waals surface area contributed by atoms with Crippen LogP contribution in [0.1, 0.15) is 64.2 Å². The van der Waals surface area contributed by atoms with Crippen molar-refractivity contribution in [3.8, 4) is 5.75 Å². The van der Waals surface area contributed by atoms with Crippen LogP contribution in [0.25, 0.3) is 0 Å². The number of rotatable bonds is 9. The van der Waals surface area contributed by atoms with E-state index in [1.807, 2.05) is 0 Å². The average Bonchev–Trinajstić information content (AvgIpc) is 3.30. The lowest BCUT2D eigenvalue weighted by Gasteiger charge is -2.37. The Kier molecular flexibility index (Phi) is 8.00. The Hall–Kier alpha value is -2.15. The largest absolute Gasteiger partial charge is 0.488 e. The van der Waals surface area contributed by atoms with E-state index in [0.29, 0.717) is 25.8 Å². The Morgan fingerprint density at radius 1 is 0.875 bits per heavy atom. The van der Waals surface area contributed by atoms with Crippen LogP contribution in [0.3, 0.4) is 0 Å². The molecule has 2 saturated heterocycles. The van der Waals surface area contributed by atoms with Crippen LogP contribution in [0, 0.1) is 5.82 Å². The lowest BCUT2D eigenvalue weighted by molar-refractivity contribution is -0.148. The maximum absolute atomic E-state index is 14.0. The second kappa shape index (κ2) is 11.1. The molecule has 2 heterocycles. The molecule has 0 unspecified atom stereocenters. The number of piperazine rings is 1. The molecule has 0 radical (unpaired) electrons. The molecule has 0 N–H and O–H groups in total. The van der Waals surface area contributed by atoms with Crippen LogP contribution in [0.2, 0.25) is 0 Å². The zero-order chi connectivity index (χ0) is 22.3. The second-order valence-electron chi connectivity index (χ2n) is 9.32. The van der Waals surface area contributed by atoms with Crippen molar-refractivity contribution in [1.29, 1.82) is 0 Å². The second-order valence-corrected chi connectivity index (χ2v) is 9.32. The zero-order valence-corrected chi connectivity index (χ0v) is 19.1. The molecule has 0 spiro atoms. The highest BCUT2D eigenvalue weighted by atomic mass is 19.1. The van der Waals surface area contributed by atoms with Gasteiger partial charge < -0.3 is 9.64 Å². The highest BCUT2D eigenvalue weighted by Gasteiger charge is 2.25. The maximum atomic E-state index is 14.0. The highest BCUT2D eigenvalue weighted by molar-refractivity contribution is 5.97. The zero-order valence-electron chi connectivity index (χ0n) is 19.1. The molecule has 3 fully saturated rings. The summed E-state index contributed by atoms with van der Waals surface area (Å²) >= 11 is 0. The number of anilines is 1. The van der Waals surface area contributed by atoms with Crippen LogP contribution in [0.15, 0.2) is 18.2 Å². The predicted octanol–water partition coefficient (Wildman–Crippen LogP) is 3.98. The van der Waals surface area contributed by atoms with Crippen molar-refractivity contribution in [1.82, 2.24) is 9.80 Å². The minimum Gasteiger partial charge on any atom is -0.488 e. The fourth-order valence-corrected chi connectivity index (χ4v) is 5.07. The molecule has 1 saturated carbocycles. The summed E-state index contributed by atoms with van der Waals surface area (Å²) in [6, 6.07) is 4.89. The first-order chi connectivity index (χ1) is 15.6. The van der Waals surface area contributed by atoms with Crippen LogP contribution >= 0.6 is 0 Å². The molecule has 2 aliphatic heterocycles. The fraction of sp³-hybridized carbons (Fsp3) is 0.680. The molecule has 176 valence electrons. The van der Waals surface area contributed by atoms with Crippen LogP contribution < -0.4 is 9.64 Å². The summed E-state index contributed by atoms with van der Waals surface area (Å²) in [5.74, 6) is 0.581. The number of unbranched alkanes of at least 4 members (excludes halogenated alkanes) is 2. The van der Waals surface area contributed by atoms with Gasteiger partial charge in [-0.2, -0.15) is 0 Å². The lowest BCUT2D eigenvalue weighted by Crippen LogP contribution is -2.46. The maximum Gasteiger partial charge on any atom is 0.229 e. The molecule has 1 aromatic rings. The fourth-order valence-electron chi connectivity index (χ4n) is 5.07. The molecule has 7 heteroatoms. The van der Waals surface area contributed by atoms with Gasteiger partial charge in [-0.1, -0.05) is 6.42 Å². The summed E-state index contributed by atoms with van der Waals surface area (Å²) in [7, 11) is 0. The predicted molar refractivity (Wildman–Crippen MR) is 122 cm³/mol. The van der Waals surface area contributed by atoms with Gasteiger partial charge >= 0.3 is 0 Å². The lowest BCUT2D eigenvalue weighted by atomic mass is 10.1. The van der Waals surface area contributed by atoms with E-state index >= 15 is 0 Å². The van der Waals surface area contributed by atoms with Gasteiger partial charge in [-0.3, -0.25) is 19.4 Å². The van der Waals surface area contributed by atoms with Crippen molar-refractivity contribution < 1.29 is 18.7 Å². The van der Waals surface area contributed by atoms with Crippen LogP contribution in [-0.2, 0) is 9.59 Å². The summed E-state index contributed by atoms with van der Waals surface area (Å²) in [5.41, 5.74) is 0.882. The van der Waals surface area contributed by atoms with Gasteiger partial charge in [0.2, 0.25) is 11.8 Å². The van der Waals surface area contributed by atoms with E-state index in [0.717, 1.165) is 76.3 Å². The number of hydrogen-bond acceptors (Lipinski definition) is 5. The number of imide groups is 1. The number of carbonyl (C=O) groups is 2. The summed E-state index contributed by atoms with van der Waals surface area (Å²) in [4.78, 5) is 29.9. The van der Waals surface area contributed by atoms with Crippen molar-refractivity contribution in [2.45, 2.75) is 70.3 Å². The van der Waals surface area contributed by atoms with Crippen molar-refractivity contribution in [3.05, 3.63) is 24.0 Å². The summed E-state index contributed by atoms with van der Waals surface area (Å²) in [6.07, 6.45) is 9.53. The number of benzene rings is 1. The normalized spacial score (nSPS) is 20.9. The van der Waals surface area contributed by atoms with Crippen LogP contribution in [0.4, 0.5) is 10.1 Å². The highest BCUT2D eigenvalue weighted by Crippen LogP contribution is 2.33. The molecule has 2 amide bonds. The topological polar surface area (TPSA) is 53.1 Å². The van der Waals surface area contributed by atoms with E-state index in [4.69, 9.17) is 4.74 Å². The minimum absolute atomic E-state index is 0.00833. The first-order valence-corrected chi connectivity index (χ1v) is 12.4. The van der Waals surface area contributed by atoms with Gasteiger partial charge in [0.1, 0.15) is 11.6 Å². The van der Waals surface area contributed by atoms with Gasteiger partial charge in [0.25, 0.3) is 0 Å². The molecule has 0 bridgehead atoms. The van der Waals surface area contributed by atoms with Gasteiger partial charge in [-0.05, 0) is 63.6 Å². The van der Waals surface area contributed by atoms with Crippen LogP contribution in [0.5, 0.6) is 5.75 Å². The third kappa shape index (κ3) is 6.00. The average molecular weight is 446 g/mol. The number of carbonyl (C=O) groups excluding carboxylic acids is 2. The first-order valence-electron chi connectivity index (χ1n) is 12.4. The van der Waals surface area contributed by atoms with E-state index in [1.54, 1.807) is 12.1 Å². The van der Waals surface area contributed by atoms with Gasteiger partial charge in [0, 0.05) is 51.6 Å². The Labute approximate surface area is 190 Å². The number of ether oxygens (including phenoxy) is 1. The molecular formula is C25H36FN3O3. The van der Waals surface area contributed by atoms with E-state index in [-0.39, 0.29) is 23.7 Å². The number of piperidine rings is 1. The van der Waals surface area contributed by atoms with E-state index in [1.165, 1.54) is 23.8 Å². The van der Waals surface area contributed by atoms with Gasteiger partial charge in [-0.25, -0.2) is 4.39 Å². The van der Waals surface area contributed by atoms with Crippen LogP contribution in [-0.4, -0.2) is 67.0 Å². The molecular weight excluding hydrogens is 409 g/mol. The van der Waals surface area contributed by atoms with Gasteiger partial charge in [0.05, 0.1) is 11.8 Å². The van der Waals surface area contributed by atoms with Gasteiger partial charge in [0.15, 0.2) is 0 Å². The standard InChI is InChI=1S/C25H36FN3O3/c26-20-11-12-23(32-21-7-2-3-8-21)22(19-20)28-17-15-27(16-18-28)13-4-1-5-14-29-24(30)9-6-10-25(29)31/h11-12,19,21H,1-10,13-18H2. The molecule has 6 nitrogen and oxygen atoms in total. The molecule has 32 heavy (non-hydrogen) atoms. The first kappa shape index (κ1) is 23.0. The monoisotopic (exact) mass is 445 g/mol. The molecule has 0 atom stereocenters. The summed E-state index contributed by atoms with van der Waals surface area (Å²) in [5, 5.41) is 0. The van der Waals surface area contributed by atoms with Crippen molar-refractivity contribution in [2.75, 3.05) is 44.2 Å². The van der Waals surface area contributed by atoms with Crippen molar-refractivity contribution in [3.63, 3.8) is 0 Å². The van der Waals surface area contributed by atoms with E-state index < -0.39 is 0 Å². The minimum atomic E-state index is -0.216. The number of likely N-dealkylation sites (tertiary alicyclic amines) is 1. The molecule has 3 aliphatic rings. The van der Waals surface area contributed by atoms with Crippen molar-refractivity contribution in [2.24, 2.45) is 0 Å². The summed E-state index contributed by atoms with van der Waals surface area (Å²) < 4.78 is 20.2. The Morgan fingerprint density at radius 3 is 2.28 bits per heavy atom. The smallest absolute Gasteiger partial charge is 0.229 e. The molecule has 1 aromatic carbocycles. The van der Waals surface area contributed by atoms with Crippen molar-refractivity contribution >= 4 is 17.5 Å². The number of nitrogens with zero attached hydrogens (tertiary/aromatic N) is 3. The number of halogens is 1. The van der Waals surface area contributed by atoms with E-state index in [2.05, 4.69) is 9.80 Å². The Bertz CT molecular complexity index is 773. The molecule has 1 aliphatic carbocycles. The molecule has 4 rings (SSSR count). The van der Waals surface area contributed by atoms with E-state index in [9.17, 15) is 14.0 Å². The quantitative estimate of drug-likeness (QED) is 0.425. The Balaban J connectivity index is 1.19. The summed E-state index contributed by atoms with van der Waals surface area (Å²) in [6.45, 7) is 5.20. The Morgan fingerprint density at radius 2 is 1.56 bits per heavy atom. The number of amides is 2. The molecule has 0 aromatic heterocycles. The third-order valence-corrected chi connectivity index (χ3v) is 6.97. The SMILES string of the molecule is O=C1CCCC(=O)N1CCCCCN1CCN(c2cc(F)ccc2OC2CCCC2)CC1. The number of hydrogen-bond donors (Lipinski definition) is 0.